The van der Waals surface area contributed by atoms with Crippen molar-refractivity contribution in [3.8, 4) is 0 Å². The fourth-order valence-corrected chi connectivity index (χ4v) is 2.74. The molecule has 0 unspecified atom stereocenters. The number of rotatable bonds is 3. The van der Waals surface area contributed by atoms with E-state index in [-0.39, 0.29) is 17.7 Å². The van der Waals surface area contributed by atoms with E-state index in [0.717, 1.165) is 12.8 Å². The Morgan fingerprint density at radius 3 is 2.00 bits per heavy atom. The van der Waals surface area contributed by atoms with E-state index in [4.69, 9.17) is 0 Å². The van der Waals surface area contributed by atoms with Gasteiger partial charge in [0, 0.05) is 39.1 Å². The Morgan fingerprint density at radius 1 is 1.00 bits per heavy atom. The summed E-state index contributed by atoms with van der Waals surface area (Å²) in [7, 11) is 0. The van der Waals surface area contributed by atoms with Crippen LogP contribution in [0.3, 0.4) is 0 Å². The van der Waals surface area contributed by atoms with E-state index in [2.05, 4.69) is 5.32 Å². The number of amides is 3. The average molecular weight is 279 g/mol. The van der Waals surface area contributed by atoms with Gasteiger partial charge in [0.2, 0.25) is 17.7 Å². The third-order valence-corrected chi connectivity index (χ3v) is 4.52. The van der Waals surface area contributed by atoms with Crippen LogP contribution in [0.25, 0.3) is 0 Å². The predicted molar refractivity (Wildman–Crippen MR) is 71.7 cm³/mol. The molecule has 0 bridgehead atoms. The molecule has 0 spiro atoms. The second kappa shape index (κ2) is 4.75. The van der Waals surface area contributed by atoms with Crippen molar-refractivity contribution < 1.29 is 14.4 Å². The fourth-order valence-electron chi connectivity index (χ4n) is 2.74. The lowest BCUT2D eigenvalue weighted by molar-refractivity contribution is -0.147. The quantitative estimate of drug-likeness (QED) is 0.723. The number of piperazine rings is 1. The molecule has 3 rings (SSSR count). The lowest BCUT2D eigenvalue weighted by Gasteiger charge is -2.35. The summed E-state index contributed by atoms with van der Waals surface area (Å²) in [5, 5.41) is 2.95. The standard InChI is InChI=1S/C14H21N3O3/c1-10(18)16-6-8-17(9-7-16)13(20)14(4-5-14)12(19)15-11-2-3-11/h11H,2-9H2,1H3,(H,15,19). The molecule has 20 heavy (non-hydrogen) atoms. The van der Waals surface area contributed by atoms with Crippen LogP contribution in [0.5, 0.6) is 0 Å². The van der Waals surface area contributed by atoms with E-state index in [9.17, 15) is 14.4 Å². The maximum atomic E-state index is 12.6. The smallest absolute Gasteiger partial charge is 0.238 e. The summed E-state index contributed by atoms with van der Waals surface area (Å²) in [6.45, 7) is 3.76. The van der Waals surface area contributed by atoms with Gasteiger partial charge in [-0.1, -0.05) is 0 Å². The van der Waals surface area contributed by atoms with Gasteiger partial charge in [0.25, 0.3) is 0 Å². The summed E-state index contributed by atoms with van der Waals surface area (Å²) >= 11 is 0. The minimum atomic E-state index is -0.791. The van der Waals surface area contributed by atoms with Crippen LogP contribution in [0, 0.1) is 5.41 Å². The number of hydrogen-bond donors (Lipinski definition) is 1. The van der Waals surface area contributed by atoms with Gasteiger partial charge < -0.3 is 15.1 Å². The first kappa shape index (κ1) is 13.4. The maximum absolute atomic E-state index is 12.6. The van der Waals surface area contributed by atoms with Gasteiger partial charge in [0.1, 0.15) is 5.41 Å². The van der Waals surface area contributed by atoms with Crippen LogP contribution in [0.15, 0.2) is 0 Å². The molecule has 3 aliphatic rings. The van der Waals surface area contributed by atoms with E-state index in [1.54, 1.807) is 16.7 Å². The molecule has 0 aromatic carbocycles. The van der Waals surface area contributed by atoms with Crippen molar-refractivity contribution in [2.24, 2.45) is 5.41 Å². The molecule has 1 heterocycles. The largest absolute Gasteiger partial charge is 0.352 e. The minimum Gasteiger partial charge on any atom is -0.352 e. The molecule has 3 fully saturated rings. The highest BCUT2D eigenvalue weighted by molar-refractivity contribution is 6.08. The lowest BCUT2D eigenvalue weighted by atomic mass is 10.0. The third-order valence-electron chi connectivity index (χ3n) is 4.52. The maximum Gasteiger partial charge on any atom is 0.238 e. The number of nitrogens with one attached hydrogen (secondary N) is 1. The van der Waals surface area contributed by atoms with Gasteiger partial charge in [0.15, 0.2) is 0 Å². The van der Waals surface area contributed by atoms with Gasteiger partial charge in [-0.2, -0.15) is 0 Å². The topological polar surface area (TPSA) is 69.7 Å². The van der Waals surface area contributed by atoms with Crippen molar-refractivity contribution in [2.45, 2.75) is 38.6 Å². The van der Waals surface area contributed by atoms with E-state index < -0.39 is 5.41 Å². The second-order valence-corrected chi connectivity index (χ2v) is 6.13. The van der Waals surface area contributed by atoms with Crippen LogP contribution in [-0.2, 0) is 14.4 Å². The molecule has 0 atom stereocenters. The Bertz CT molecular complexity index is 447. The van der Waals surface area contributed by atoms with Crippen LogP contribution in [0.1, 0.15) is 32.6 Å². The zero-order valence-electron chi connectivity index (χ0n) is 11.9. The van der Waals surface area contributed by atoms with Crippen molar-refractivity contribution >= 4 is 17.7 Å². The molecule has 2 aliphatic carbocycles. The van der Waals surface area contributed by atoms with Crippen molar-refractivity contribution in [2.75, 3.05) is 26.2 Å². The third kappa shape index (κ3) is 2.39. The Hall–Kier alpha value is -1.59. The Morgan fingerprint density at radius 2 is 1.55 bits per heavy atom. The molecule has 0 aromatic rings. The number of carbonyl (C=O) groups is 3. The highest BCUT2D eigenvalue weighted by Crippen LogP contribution is 2.48. The number of carbonyl (C=O) groups excluding carboxylic acids is 3. The molecule has 3 amide bonds. The predicted octanol–water partition coefficient (Wildman–Crippen LogP) is -0.264. The van der Waals surface area contributed by atoms with Crippen LogP contribution in [0.4, 0.5) is 0 Å². The lowest BCUT2D eigenvalue weighted by Crippen LogP contribution is -2.54. The van der Waals surface area contributed by atoms with E-state index in [1.807, 2.05) is 0 Å². The highest BCUT2D eigenvalue weighted by atomic mass is 16.2. The molecule has 6 nitrogen and oxygen atoms in total. The first-order valence-electron chi connectivity index (χ1n) is 7.39. The normalized spacial score (nSPS) is 24.2. The Balaban J connectivity index is 1.58. The van der Waals surface area contributed by atoms with Gasteiger partial charge in [-0.3, -0.25) is 14.4 Å². The Kier molecular flexibility index (Phi) is 3.18. The van der Waals surface area contributed by atoms with Gasteiger partial charge in [-0.05, 0) is 25.7 Å². The molecule has 1 N–H and O–H groups in total. The van der Waals surface area contributed by atoms with E-state index >= 15 is 0 Å². The van der Waals surface area contributed by atoms with Gasteiger partial charge in [-0.25, -0.2) is 0 Å². The summed E-state index contributed by atoms with van der Waals surface area (Å²) in [6.07, 6.45) is 3.40. The molecular formula is C14H21N3O3. The molecule has 0 radical (unpaired) electrons. The van der Waals surface area contributed by atoms with Crippen LogP contribution >= 0.6 is 0 Å². The van der Waals surface area contributed by atoms with Gasteiger partial charge >= 0.3 is 0 Å². The summed E-state index contributed by atoms with van der Waals surface area (Å²) in [6, 6.07) is 0.294. The van der Waals surface area contributed by atoms with E-state index in [1.165, 1.54) is 0 Å². The molecule has 2 saturated carbocycles. The van der Waals surface area contributed by atoms with Crippen molar-refractivity contribution in [3.63, 3.8) is 0 Å². The molecule has 0 aromatic heterocycles. The molecule has 110 valence electrons. The van der Waals surface area contributed by atoms with Gasteiger partial charge in [-0.15, -0.1) is 0 Å². The first-order chi connectivity index (χ1) is 9.53. The zero-order chi connectivity index (χ0) is 14.3. The van der Waals surface area contributed by atoms with E-state index in [0.29, 0.717) is 45.1 Å². The van der Waals surface area contributed by atoms with Crippen molar-refractivity contribution in [3.05, 3.63) is 0 Å². The SMILES string of the molecule is CC(=O)N1CCN(C(=O)C2(C(=O)NC3CC3)CC2)CC1. The van der Waals surface area contributed by atoms with Crippen molar-refractivity contribution in [1.29, 1.82) is 0 Å². The number of nitrogens with zero attached hydrogens (tertiary/aromatic N) is 2. The molecule has 6 heteroatoms. The zero-order valence-corrected chi connectivity index (χ0v) is 11.9. The van der Waals surface area contributed by atoms with Crippen LogP contribution < -0.4 is 5.32 Å². The number of hydrogen-bond acceptors (Lipinski definition) is 3. The van der Waals surface area contributed by atoms with Crippen molar-refractivity contribution in [1.82, 2.24) is 15.1 Å². The summed E-state index contributed by atoms with van der Waals surface area (Å²) in [4.78, 5) is 39.5. The Labute approximate surface area is 118 Å². The summed E-state index contributed by atoms with van der Waals surface area (Å²) < 4.78 is 0. The second-order valence-electron chi connectivity index (χ2n) is 6.13. The molecule has 1 aliphatic heterocycles. The van der Waals surface area contributed by atoms with Gasteiger partial charge in [0.05, 0.1) is 0 Å². The summed E-state index contributed by atoms with van der Waals surface area (Å²) in [5.41, 5.74) is -0.791. The average Bonchev–Trinajstić information content (AvgIpc) is 3.32. The first-order valence-corrected chi connectivity index (χ1v) is 7.39. The summed E-state index contributed by atoms with van der Waals surface area (Å²) in [5.74, 6) is -0.0810. The van der Waals surface area contributed by atoms with Crippen LogP contribution in [-0.4, -0.2) is 59.7 Å². The highest BCUT2D eigenvalue weighted by Gasteiger charge is 2.58. The monoisotopic (exact) mass is 279 g/mol. The minimum absolute atomic E-state index is 0.0427. The fraction of sp³-hybridized carbons (Fsp3) is 0.786. The molecular weight excluding hydrogens is 258 g/mol. The molecule has 1 saturated heterocycles. The van der Waals surface area contributed by atoms with Crippen LogP contribution in [0.2, 0.25) is 0 Å².